The molecule has 0 spiro atoms. The first-order valence-electron chi connectivity index (χ1n) is 8.19. The standard InChI is InChI=1S/C20H20ClN3O/c1-23(14-16-6-5-7-18(21)12-16)20(25)11-10-17-13-22-24(15-17)19-8-3-2-4-9-19/h2-9,12-13,15H,10-11,14H2,1H3. The summed E-state index contributed by atoms with van der Waals surface area (Å²) in [5.74, 6) is 0.104. The molecule has 0 aliphatic heterocycles. The Morgan fingerprint density at radius 2 is 1.92 bits per heavy atom. The monoisotopic (exact) mass is 353 g/mol. The van der Waals surface area contributed by atoms with Gasteiger partial charge in [0.2, 0.25) is 5.91 Å². The zero-order chi connectivity index (χ0) is 17.6. The van der Waals surface area contributed by atoms with E-state index in [1.807, 2.05) is 78.7 Å². The number of carbonyl (C=O) groups is 1. The lowest BCUT2D eigenvalue weighted by Gasteiger charge is -2.17. The molecule has 0 saturated carbocycles. The molecular weight excluding hydrogens is 334 g/mol. The maximum atomic E-state index is 12.3. The highest BCUT2D eigenvalue weighted by molar-refractivity contribution is 6.30. The first-order chi connectivity index (χ1) is 12.1. The molecule has 0 fully saturated rings. The topological polar surface area (TPSA) is 38.1 Å². The van der Waals surface area contributed by atoms with Gasteiger partial charge in [0.15, 0.2) is 0 Å². The van der Waals surface area contributed by atoms with Crippen LogP contribution in [0.3, 0.4) is 0 Å². The Hall–Kier alpha value is -2.59. The van der Waals surface area contributed by atoms with Gasteiger partial charge in [-0.25, -0.2) is 4.68 Å². The Morgan fingerprint density at radius 1 is 1.12 bits per heavy atom. The highest BCUT2D eigenvalue weighted by Gasteiger charge is 2.11. The van der Waals surface area contributed by atoms with Gasteiger partial charge in [0.1, 0.15) is 0 Å². The molecule has 0 N–H and O–H groups in total. The van der Waals surface area contributed by atoms with Crippen LogP contribution in [-0.4, -0.2) is 27.6 Å². The van der Waals surface area contributed by atoms with E-state index in [2.05, 4.69) is 5.10 Å². The summed E-state index contributed by atoms with van der Waals surface area (Å²) in [6, 6.07) is 17.5. The molecule has 0 saturated heterocycles. The van der Waals surface area contributed by atoms with E-state index in [0.29, 0.717) is 24.4 Å². The van der Waals surface area contributed by atoms with Crippen molar-refractivity contribution in [2.75, 3.05) is 7.05 Å². The van der Waals surface area contributed by atoms with E-state index in [4.69, 9.17) is 11.6 Å². The third-order valence-electron chi connectivity index (χ3n) is 4.02. The number of carbonyl (C=O) groups excluding carboxylic acids is 1. The summed E-state index contributed by atoms with van der Waals surface area (Å²) >= 11 is 5.99. The molecule has 0 aliphatic carbocycles. The number of aryl methyl sites for hydroxylation is 1. The molecular formula is C20H20ClN3O. The van der Waals surface area contributed by atoms with Crippen LogP contribution in [0.4, 0.5) is 0 Å². The van der Waals surface area contributed by atoms with Gasteiger partial charge in [-0.05, 0) is 41.8 Å². The summed E-state index contributed by atoms with van der Waals surface area (Å²) in [6.07, 6.45) is 4.92. The second-order valence-corrected chi connectivity index (χ2v) is 6.44. The molecule has 0 aliphatic rings. The molecule has 2 aromatic carbocycles. The fraction of sp³-hybridized carbons (Fsp3) is 0.200. The van der Waals surface area contributed by atoms with E-state index in [0.717, 1.165) is 16.8 Å². The van der Waals surface area contributed by atoms with E-state index < -0.39 is 0 Å². The van der Waals surface area contributed by atoms with E-state index in [-0.39, 0.29) is 5.91 Å². The van der Waals surface area contributed by atoms with Gasteiger partial charge in [0.25, 0.3) is 0 Å². The van der Waals surface area contributed by atoms with Crippen molar-refractivity contribution in [1.29, 1.82) is 0 Å². The van der Waals surface area contributed by atoms with Gasteiger partial charge >= 0.3 is 0 Å². The highest BCUT2D eigenvalue weighted by atomic mass is 35.5. The van der Waals surface area contributed by atoms with Crippen LogP contribution in [0.5, 0.6) is 0 Å². The van der Waals surface area contributed by atoms with Crippen LogP contribution in [0.15, 0.2) is 67.0 Å². The van der Waals surface area contributed by atoms with Gasteiger partial charge in [-0.3, -0.25) is 4.79 Å². The van der Waals surface area contributed by atoms with Gasteiger partial charge in [-0.15, -0.1) is 0 Å². The number of nitrogens with zero attached hydrogens (tertiary/aromatic N) is 3. The summed E-state index contributed by atoms with van der Waals surface area (Å²) in [6.45, 7) is 0.558. The summed E-state index contributed by atoms with van der Waals surface area (Å²) in [4.78, 5) is 14.1. The van der Waals surface area contributed by atoms with Gasteiger partial charge < -0.3 is 4.90 Å². The minimum absolute atomic E-state index is 0.104. The third kappa shape index (κ3) is 4.70. The summed E-state index contributed by atoms with van der Waals surface area (Å²) in [5, 5.41) is 5.05. The van der Waals surface area contributed by atoms with Crippen LogP contribution < -0.4 is 0 Å². The smallest absolute Gasteiger partial charge is 0.222 e. The predicted octanol–water partition coefficient (Wildman–Crippen LogP) is 4.12. The van der Waals surface area contributed by atoms with Gasteiger partial charge in [0.05, 0.1) is 11.9 Å². The van der Waals surface area contributed by atoms with Crippen molar-refractivity contribution >= 4 is 17.5 Å². The van der Waals surface area contributed by atoms with E-state index in [1.54, 1.807) is 4.90 Å². The zero-order valence-electron chi connectivity index (χ0n) is 14.1. The molecule has 128 valence electrons. The van der Waals surface area contributed by atoms with Crippen molar-refractivity contribution < 1.29 is 4.79 Å². The molecule has 1 aromatic heterocycles. The predicted molar refractivity (Wildman–Crippen MR) is 99.8 cm³/mol. The molecule has 0 bridgehead atoms. The number of halogens is 1. The molecule has 5 heteroatoms. The second kappa shape index (κ2) is 7.99. The molecule has 4 nitrogen and oxygen atoms in total. The van der Waals surface area contributed by atoms with E-state index >= 15 is 0 Å². The highest BCUT2D eigenvalue weighted by Crippen LogP contribution is 2.13. The Morgan fingerprint density at radius 3 is 2.68 bits per heavy atom. The minimum atomic E-state index is 0.104. The van der Waals surface area contributed by atoms with E-state index in [1.165, 1.54) is 0 Å². The molecule has 3 aromatic rings. The number of rotatable bonds is 6. The normalized spacial score (nSPS) is 10.6. The van der Waals surface area contributed by atoms with Crippen LogP contribution >= 0.6 is 11.6 Å². The van der Waals surface area contributed by atoms with Crippen molar-refractivity contribution in [2.24, 2.45) is 0 Å². The quantitative estimate of drug-likeness (QED) is 0.668. The van der Waals surface area contributed by atoms with Crippen LogP contribution in [0, 0.1) is 0 Å². The number of benzene rings is 2. The van der Waals surface area contributed by atoms with E-state index in [9.17, 15) is 4.79 Å². The Kier molecular flexibility index (Phi) is 5.51. The molecule has 0 atom stereocenters. The van der Waals surface area contributed by atoms with Gasteiger partial charge in [-0.1, -0.05) is 41.9 Å². The molecule has 0 unspecified atom stereocenters. The lowest BCUT2D eigenvalue weighted by atomic mass is 10.1. The first-order valence-corrected chi connectivity index (χ1v) is 8.57. The summed E-state index contributed by atoms with van der Waals surface area (Å²) < 4.78 is 1.83. The maximum Gasteiger partial charge on any atom is 0.222 e. The lowest BCUT2D eigenvalue weighted by Crippen LogP contribution is -2.26. The molecule has 1 heterocycles. The summed E-state index contributed by atoms with van der Waals surface area (Å²) in [7, 11) is 1.82. The Bertz CT molecular complexity index is 845. The number of amides is 1. The van der Waals surface area contributed by atoms with Crippen molar-refractivity contribution in [1.82, 2.24) is 14.7 Å². The van der Waals surface area contributed by atoms with Crippen molar-refractivity contribution in [2.45, 2.75) is 19.4 Å². The van der Waals surface area contributed by atoms with Crippen LogP contribution in [0.25, 0.3) is 5.69 Å². The molecule has 0 radical (unpaired) electrons. The maximum absolute atomic E-state index is 12.3. The zero-order valence-corrected chi connectivity index (χ0v) is 14.9. The third-order valence-corrected chi connectivity index (χ3v) is 4.25. The van der Waals surface area contributed by atoms with Crippen molar-refractivity contribution in [3.05, 3.63) is 83.1 Å². The van der Waals surface area contributed by atoms with Gasteiger partial charge in [-0.2, -0.15) is 5.10 Å². The number of aromatic nitrogens is 2. The Balaban J connectivity index is 1.54. The SMILES string of the molecule is CN(Cc1cccc(Cl)c1)C(=O)CCc1cnn(-c2ccccc2)c1. The second-order valence-electron chi connectivity index (χ2n) is 6.01. The average molecular weight is 354 g/mol. The first kappa shape index (κ1) is 17.2. The minimum Gasteiger partial charge on any atom is -0.341 e. The summed E-state index contributed by atoms with van der Waals surface area (Å²) in [5.41, 5.74) is 3.09. The van der Waals surface area contributed by atoms with Crippen molar-refractivity contribution in [3.8, 4) is 5.69 Å². The van der Waals surface area contributed by atoms with Crippen molar-refractivity contribution in [3.63, 3.8) is 0 Å². The fourth-order valence-corrected chi connectivity index (χ4v) is 2.86. The number of para-hydroxylation sites is 1. The molecule has 25 heavy (non-hydrogen) atoms. The average Bonchev–Trinajstić information content (AvgIpc) is 3.09. The van der Waals surface area contributed by atoms with Crippen LogP contribution in [0.2, 0.25) is 5.02 Å². The largest absolute Gasteiger partial charge is 0.341 e. The fourth-order valence-electron chi connectivity index (χ4n) is 2.65. The number of hydrogen-bond donors (Lipinski definition) is 0. The lowest BCUT2D eigenvalue weighted by molar-refractivity contribution is -0.130. The van der Waals surface area contributed by atoms with Gasteiger partial charge in [0, 0.05) is 31.2 Å². The number of hydrogen-bond acceptors (Lipinski definition) is 2. The molecule has 1 amide bonds. The van der Waals surface area contributed by atoms with Crippen LogP contribution in [0.1, 0.15) is 17.5 Å². The molecule has 3 rings (SSSR count). The van der Waals surface area contributed by atoms with Crippen LogP contribution in [-0.2, 0) is 17.8 Å². The Labute approximate surface area is 152 Å².